The summed E-state index contributed by atoms with van der Waals surface area (Å²) in [5.74, 6) is -2.46. The van der Waals surface area contributed by atoms with Gasteiger partial charge in [-0.05, 0) is 13.0 Å². The molecule has 0 spiro atoms. The Kier molecular flexibility index (Phi) is 4.95. The third-order valence-corrected chi connectivity index (χ3v) is 2.38. The van der Waals surface area contributed by atoms with Gasteiger partial charge in [0, 0.05) is 12.6 Å². The molecule has 0 aromatic heterocycles. The summed E-state index contributed by atoms with van der Waals surface area (Å²) in [6, 6.07) is 1.64. The molecule has 1 aromatic rings. The molecule has 0 radical (unpaired) electrons. The number of rotatable bonds is 5. The van der Waals surface area contributed by atoms with Crippen LogP contribution in [0.3, 0.4) is 0 Å². The molecule has 1 aromatic carbocycles. The summed E-state index contributed by atoms with van der Waals surface area (Å²) < 4.78 is 13.6. The molecule has 0 aliphatic carbocycles. The van der Waals surface area contributed by atoms with Gasteiger partial charge in [-0.2, -0.15) is 0 Å². The number of carbonyl (C=O) groups is 2. The van der Waals surface area contributed by atoms with E-state index >= 15 is 0 Å². The van der Waals surface area contributed by atoms with Crippen LogP contribution in [0.4, 0.5) is 15.8 Å². The van der Waals surface area contributed by atoms with Crippen LogP contribution < -0.4 is 16.4 Å². The number of halogens is 1. The highest BCUT2D eigenvalue weighted by Gasteiger charge is 2.23. The third-order valence-electron chi connectivity index (χ3n) is 2.38. The SMILES string of the molecule is CCNC(=O)CNC(=O)c1c(F)ccc([N+](=O)[O-])c1N. The average molecular weight is 284 g/mol. The largest absolute Gasteiger partial charge is 0.392 e. The third kappa shape index (κ3) is 3.40. The molecule has 8 nitrogen and oxygen atoms in total. The van der Waals surface area contributed by atoms with Gasteiger partial charge in [-0.3, -0.25) is 19.7 Å². The number of nitro groups is 1. The zero-order chi connectivity index (χ0) is 15.3. The van der Waals surface area contributed by atoms with Crippen molar-refractivity contribution in [1.29, 1.82) is 0 Å². The van der Waals surface area contributed by atoms with Gasteiger partial charge < -0.3 is 16.4 Å². The van der Waals surface area contributed by atoms with E-state index in [4.69, 9.17) is 5.73 Å². The van der Waals surface area contributed by atoms with Crippen LogP contribution in [0.15, 0.2) is 12.1 Å². The van der Waals surface area contributed by atoms with E-state index < -0.39 is 39.5 Å². The number of anilines is 1. The van der Waals surface area contributed by atoms with Crippen LogP contribution in [-0.4, -0.2) is 29.8 Å². The van der Waals surface area contributed by atoms with Gasteiger partial charge in [-0.1, -0.05) is 0 Å². The molecule has 0 saturated heterocycles. The molecule has 9 heteroatoms. The number of hydrogen-bond donors (Lipinski definition) is 3. The maximum atomic E-state index is 13.6. The summed E-state index contributed by atoms with van der Waals surface area (Å²) in [6.07, 6.45) is 0. The standard InChI is InChI=1S/C11H13FN4O4/c1-2-14-8(17)5-15-11(18)9-6(12)3-4-7(10(9)13)16(19)20/h3-4H,2,5,13H2,1H3,(H,14,17)(H,15,18). The van der Waals surface area contributed by atoms with E-state index in [0.717, 1.165) is 12.1 Å². The Morgan fingerprint density at radius 2 is 2.05 bits per heavy atom. The van der Waals surface area contributed by atoms with Crippen LogP contribution in [-0.2, 0) is 4.79 Å². The molecule has 0 aliphatic heterocycles. The van der Waals surface area contributed by atoms with Gasteiger partial charge in [0.2, 0.25) is 5.91 Å². The van der Waals surface area contributed by atoms with Crippen LogP contribution in [0.2, 0.25) is 0 Å². The molecule has 1 rings (SSSR count). The van der Waals surface area contributed by atoms with Crippen LogP contribution in [0.1, 0.15) is 17.3 Å². The lowest BCUT2D eigenvalue weighted by molar-refractivity contribution is -0.384. The van der Waals surface area contributed by atoms with E-state index in [0.29, 0.717) is 6.54 Å². The predicted octanol–water partition coefficient (Wildman–Crippen LogP) is 0.182. The minimum Gasteiger partial charge on any atom is -0.392 e. The Hall–Kier alpha value is -2.71. The van der Waals surface area contributed by atoms with E-state index in [-0.39, 0.29) is 6.54 Å². The number of benzene rings is 1. The Bertz CT molecular complexity index is 562. The number of nitrogen functional groups attached to an aromatic ring is 1. The number of nitrogens with one attached hydrogen (secondary N) is 2. The molecule has 4 N–H and O–H groups in total. The molecule has 108 valence electrons. The second kappa shape index (κ2) is 6.45. The molecule has 20 heavy (non-hydrogen) atoms. The fourth-order valence-electron chi connectivity index (χ4n) is 1.48. The molecule has 0 aliphatic rings. The Morgan fingerprint density at radius 1 is 1.40 bits per heavy atom. The van der Waals surface area contributed by atoms with Crippen molar-refractivity contribution in [2.45, 2.75) is 6.92 Å². The van der Waals surface area contributed by atoms with Crippen molar-refractivity contribution in [1.82, 2.24) is 10.6 Å². The van der Waals surface area contributed by atoms with E-state index in [9.17, 15) is 24.1 Å². The average Bonchev–Trinajstić information content (AvgIpc) is 2.36. The van der Waals surface area contributed by atoms with Gasteiger partial charge in [0.1, 0.15) is 17.1 Å². The van der Waals surface area contributed by atoms with Crippen molar-refractivity contribution in [3.05, 3.63) is 33.6 Å². The van der Waals surface area contributed by atoms with Gasteiger partial charge in [0.15, 0.2) is 0 Å². The Balaban J connectivity index is 2.95. The van der Waals surface area contributed by atoms with Gasteiger partial charge in [-0.25, -0.2) is 4.39 Å². The molecule has 0 saturated carbocycles. The van der Waals surface area contributed by atoms with Gasteiger partial charge in [0.25, 0.3) is 11.6 Å². The molecule has 0 fully saturated rings. The van der Waals surface area contributed by atoms with Crippen molar-refractivity contribution in [3.63, 3.8) is 0 Å². The number of nitrogens with zero attached hydrogens (tertiary/aromatic N) is 1. The summed E-state index contributed by atoms with van der Waals surface area (Å²) in [4.78, 5) is 32.7. The van der Waals surface area contributed by atoms with Crippen molar-refractivity contribution < 1.29 is 18.9 Å². The highest BCUT2D eigenvalue weighted by atomic mass is 19.1. The number of nitrogens with two attached hydrogens (primary N) is 1. The Labute approximate surface area is 113 Å². The molecule has 0 bridgehead atoms. The van der Waals surface area contributed by atoms with Crippen LogP contribution >= 0.6 is 0 Å². The fraction of sp³-hybridized carbons (Fsp3) is 0.273. The monoisotopic (exact) mass is 284 g/mol. The van der Waals surface area contributed by atoms with Crippen LogP contribution in [0.5, 0.6) is 0 Å². The zero-order valence-corrected chi connectivity index (χ0v) is 10.6. The van der Waals surface area contributed by atoms with Crippen LogP contribution in [0.25, 0.3) is 0 Å². The van der Waals surface area contributed by atoms with Gasteiger partial charge in [-0.15, -0.1) is 0 Å². The lowest BCUT2D eigenvalue weighted by Gasteiger charge is -2.08. The summed E-state index contributed by atoms with van der Waals surface area (Å²) in [7, 11) is 0. The Morgan fingerprint density at radius 3 is 2.60 bits per heavy atom. The van der Waals surface area contributed by atoms with Crippen molar-refractivity contribution in [2.75, 3.05) is 18.8 Å². The summed E-state index contributed by atoms with van der Waals surface area (Å²) in [6.45, 7) is 1.69. The first-order valence-corrected chi connectivity index (χ1v) is 5.65. The second-order valence-corrected chi connectivity index (χ2v) is 3.75. The fourth-order valence-corrected chi connectivity index (χ4v) is 1.48. The van der Waals surface area contributed by atoms with Crippen LogP contribution in [0, 0.1) is 15.9 Å². The first kappa shape index (κ1) is 15.3. The number of hydrogen-bond acceptors (Lipinski definition) is 5. The van der Waals surface area contributed by atoms with Gasteiger partial charge in [0.05, 0.1) is 11.5 Å². The lowest BCUT2D eigenvalue weighted by atomic mass is 10.1. The number of nitro benzene ring substituents is 1. The van der Waals surface area contributed by atoms with Crippen molar-refractivity contribution >= 4 is 23.2 Å². The minimum atomic E-state index is -0.999. The van der Waals surface area contributed by atoms with E-state index in [1.54, 1.807) is 6.92 Å². The van der Waals surface area contributed by atoms with E-state index in [1.807, 2.05) is 0 Å². The maximum absolute atomic E-state index is 13.6. The summed E-state index contributed by atoms with van der Waals surface area (Å²) in [5, 5.41) is 15.2. The second-order valence-electron chi connectivity index (χ2n) is 3.75. The molecule has 0 unspecified atom stereocenters. The number of carbonyl (C=O) groups excluding carboxylic acids is 2. The maximum Gasteiger partial charge on any atom is 0.293 e. The van der Waals surface area contributed by atoms with Crippen molar-refractivity contribution in [3.8, 4) is 0 Å². The van der Waals surface area contributed by atoms with Gasteiger partial charge >= 0.3 is 0 Å². The predicted molar refractivity (Wildman–Crippen MR) is 68.5 cm³/mol. The van der Waals surface area contributed by atoms with E-state index in [1.165, 1.54) is 0 Å². The normalized spacial score (nSPS) is 9.90. The highest BCUT2D eigenvalue weighted by molar-refractivity contribution is 6.02. The lowest BCUT2D eigenvalue weighted by Crippen LogP contribution is -2.37. The first-order valence-electron chi connectivity index (χ1n) is 5.65. The van der Waals surface area contributed by atoms with E-state index in [2.05, 4.69) is 10.6 Å². The molecule has 2 amide bonds. The molecular formula is C11H13FN4O4. The molecule has 0 atom stereocenters. The summed E-state index contributed by atoms with van der Waals surface area (Å²) >= 11 is 0. The smallest absolute Gasteiger partial charge is 0.293 e. The quantitative estimate of drug-likeness (QED) is 0.404. The first-order chi connectivity index (χ1) is 9.38. The number of amides is 2. The zero-order valence-electron chi connectivity index (χ0n) is 10.6. The molecular weight excluding hydrogens is 271 g/mol. The summed E-state index contributed by atoms with van der Waals surface area (Å²) in [5.41, 5.74) is 3.60. The molecule has 0 heterocycles. The topological polar surface area (TPSA) is 127 Å². The van der Waals surface area contributed by atoms with Crippen molar-refractivity contribution in [2.24, 2.45) is 0 Å². The highest BCUT2D eigenvalue weighted by Crippen LogP contribution is 2.27. The minimum absolute atomic E-state index is 0.377. The number of likely N-dealkylation sites (N-methyl/N-ethyl adjacent to an activating group) is 1.